The summed E-state index contributed by atoms with van der Waals surface area (Å²) < 4.78 is 31.5. The molecule has 0 N–H and O–H groups in total. The minimum atomic E-state index is -3.28. The van der Waals surface area contributed by atoms with E-state index in [0.29, 0.717) is 11.4 Å². The molecule has 0 aliphatic carbocycles. The standard InChI is InChI=1S/C20H18N2O3S/c23-26(24)19-6-5-15(18-4-2-8-25-18)9-16(19)17-12-22(13-20(17)26)11-14-3-1-7-21-10-14/h1-10,17,20H,11-13H2/t17-,20+/m0/s1. The first kappa shape index (κ1) is 15.8. The van der Waals surface area contributed by atoms with E-state index in [1.807, 2.05) is 42.6 Å². The first-order chi connectivity index (χ1) is 12.6. The number of pyridine rings is 1. The molecule has 1 aromatic carbocycles. The summed E-state index contributed by atoms with van der Waals surface area (Å²) >= 11 is 0. The van der Waals surface area contributed by atoms with Gasteiger partial charge in [-0.2, -0.15) is 0 Å². The maximum absolute atomic E-state index is 13.0. The van der Waals surface area contributed by atoms with Gasteiger partial charge in [0.2, 0.25) is 0 Å². The van der Waals surface area contributed by atoms with Crippen molar-refractivity contribution < 1.29 is 12.8 Å². The molecule has 1 fully saturated rings. The van der Waals surface area contributed by atoms with Crippen molar-refractivity contribution in [3.8, 4) is 11.3 Å². The van der Waals surface area contributed by atoms with Gasteiger partial charge in [-0.1, -0.05) is 6.07 Å². The Bertz CT molecular complexity index is 1050. The van der Waals surface area contributed by atoms with Crippen LogP contribution >= 0.6 is 0 Å². The molecule has 6 heteroatoms. The average molecular weight is 366 g/mol. The highest BCUT2D eigenvalue weighted by Crippen LogP contribution is 2.46. The monoisotopic (exact) mass is 366 g/mol. The summed E-state index contributed by atoms with van der Waals surface area (Å²) in [6.45, 7) is 2.03. The molecule has 26 heavy (non-hydrogen) atoms. The predicted octanol–water partition coefficient (Wildman–Crippen LogP) is 3.10. The van der Waals surface area contributed by atoms with Gasteiger partial charge in [-0.25, -0.2) is 8.42 Å². The lowest BCUT2D eigenvalue weighted by Gasteiger charge is -2.17. The van der Waals surface area contributed by atoms with Gasteiger partial charge in [-0.15, -0.1) is 0 Å². The van der Waals surface area contributed by atoms with Crippen LogP contribution in [0.5, 0.6) is 0 Å². The number of nitrogens with zero attached hydrogens (tertiary/aromatic N) is 2. The molecule has 1 saturated heterocycles. The molecule has 2 aromatic heterocycles. The van der Waals surface area contributed by atoms with Crippen molar-refractivity contribution in [2.24, 2.45) is 0 Å². The molecule has 0 amide bonds. The van der Waals surface area contributed by atoms with Crippen LogP contribution in [0.4, 0.5) is 0 Å². The van der Waals surface area contributed by atoms with E-state index in [1.54, 1.807) is 18.5 Å². The van der Waals surface area contributed by atoms with Crippen molar-refractivity contribution in [1.82, 2.24) is 9.88 Å². The number of furan rings is 1. The van der Waals surface area contributed by atoms with E-state index in [4.69, 9.17) is 4.42 Å². The Labute approximate surface area is 152 Å². The summed E-state index contributed by atoms with van der Waals surface area (Å²) in [5.74, 6) is 0.778. The van der Waals surface area contributed by atoms with Crippen LogP contribution in [0.3, 0.4) is 0 Å². The minimum Gasteiger partial charge on any atom is -0.464 e. The molecule has 2 aliphatic heterocycles. The Hall–Kier alpha value is -2.44. The average Bonchev–Trinajstić information content (AvgIpc) is 3.35. The van der Waals surface area contributed by atoms with Crippen molar-refractivity contribution in [2.75, 3.05) is 13.1 Å². The van der Waals surface area contributed by atoms with Crippen molar-refractivity contribution in [2.45, 2.75) is 22.6 Å². The maximum atomic E-state index is 13.0. The van der Waals surface area contributed by atoms with E-state index in [9.17, 15) is 8.42 Å². The van der Waals surface area contributed by atoms with Gasteiger partial charge in [0.05, 0.1) is 16.4 Å². The lowest BCUT2D eigenvalue weighted by Crippen LogP contribution is -2.25. The number of hydrogen-bond acceptors (Lipinski definition) is 5. The number of sulfone groups is 1. The van der Waals surface area contributed by atoms with Crippen LogP contribution in [0, 0.1) is 0 Å². The Morgan fingerprint density at radius 2 is 2.08 bits per heavy atom. The quantitative estimate of drug-likeness (QED) is 0.713. The smallest absolute Gasteiger partial charge is 0.183 e. The topological polar surface area (TPSA) is 63.4 Å². The fourth-order valence-electron chi connectivity index (χ4n) is 4.20. The molecule has 0 bridgehead atoms. The lowest BCUT2D eigenvalue weighted by atomic mass is 9.96. The molecule has 132 valence electrons. The van der Waals surface area contributed by atoms with E-state index in [2.05, 4.69) is 9.88 Å². The van der Waals surface area contributed by atoms with Crippen molar-refractivity contribution in [3.63, 3.8) is 0 Å². The lowest BCUT2D eigenvalue weighted by molar-refractivity contribution is 0.325. The zero-order valence-electron chi connectivity index (χ0n) is 14.1. The fourth-order valence-corrected chi connectivity index (χ4v) is 6.40. The molecule has 4 heterocycles. The first-order valence-electron chi connectivity index (χ1n) is 8.66. The maximum Gasteiger partial charge on any atom is 0.183 e. The van der Waals surface area contributed by atoms with Gasteiger partial charge in [0.15, 0.2) is 9.84 Å². The molecule has 5 nitrogen and oxygen atoms in total. The number of rotatable bonds is 3. The van der Waals surface area contributed by atoms with Gasteiger partial charge in [0, 0.05) is 43.5 Å². The van der Waals surface area contributed by atoms with Crippen LogP contribution in [0.15, 0.2) is 70.4 Å². The highest BCUT2D eigenvalue weighted by Gasteiger charge is 2.50. The van der Waals surface area contributed by atoms with Gasteiger partial charge in [0.25, 0.3) is 0 Å². The third kappa shape index (κ3) is 2.40. The van der Waals surface area contributed by atoms with E-state index in [0.717, 1.165) is 35.5 Å². The number of hydrogen-bond donors (Lipinski definition) is 0. The van der Waals surface area contributed by atoms with Gasteiger partial charge in [-0.05, 0) is 47.5 Å². The molecular formula is C20H18N2O3S. The van der Waals surface area contributed by atoms with E-state index in [1.165, 1.54) is 0 Å². The Kier molecular flexibility index (Phi) is 3.52. The first-order valence-corrected chi connectivity index (χ1v) is 10.2. The molecule has 0 radical (unpaired) electrons. The summed E-state index contributed by atoms with van der Waals surface area (Å²) in [7, 11) is -3.28. The van der Waals surface area contributed by atoms with E-state index in [-0.39, 0.29) is 11.2 Å². The van der Waals surface area contributed by atoms with Gasteiger partial charge in [-0.3, -0.25) is 9.88 Å². The highest BCUT2D eigenvalue weighted by molar-refractivity contribution is 7.92. The summed E-state index contributed by atoms with van der Waals surface area (Å²) in [5.41, 5.74) is 2.96. The largest absolute Gasteiger partial charge is 0.464 e. The van der Waals surface area contributed by atoms with Gasteiger partial charge >= 0.3 is 0 Å². The fraction of sp³-hybridized carbons (Fsp3) is 0.250. The van der Waals surface area contributed by atoms with Crippen LogP contribution in [0.1, 0.15) is 17.0 Å². The zero-order chi connectivity index (χ0) is 17.7. The second kappa shape index (κ2) is 5.79. The summed E-state index contributed by atoms with van der Waals surface area (Å²) in [5, 5.41) is -0.360. The highest BCUT2D eigenvalue weighted by atomic mass is 32.2. The van der Waals surface area contributed by atoms with Crippen molar-refractivity contribution >= 4 is 9.84 Å². The second-order valence-corrected chi connectivity index (χ2v) is 9.11. The molecule has 3 aromatic rings. The SMILES string of the molecule is O=S1(=O)c2ccc(-c3ccco3)cc2[C@@H]2CN(Cc3cccnc3)C[C@H]21. The number of aromatic nitrogens is 1. The number of likely N-dealkylation sites (tertiary alicyclic amines) is 1. The third-order valence-corrected chi connectivity index (χ3v) is 7.65. The molecule has 2 atom stereocenters. The molecule has 0 spiro atoms. The van der Waals surface area contributed by atoms with E-state index >= 15 is 0 Å². The molecular weight excluding hydrogens is 348 g/mol. The Morgan fingerprint density at radius 1 is 1.15 bits per heavy atom. The van der Waals surface area contributed by atoms with E-state index < -0.39 is 9.84 Å². The summed E-state index contributed by atoms with van der Waals surface area (Å²) in [6.07, 6.45) is 5.22. The van der Waals surface area contributed by atoms with Crippen LogP contribution in [0.2, 0.25) is 0 Å². The van der Waals surface area contributed by atoms with Gasteiger partial charge < -0.3 is 4.42 Å². The molecule has 5 rings (SSSR count). The number of benzene rings is 1. The van der Waals surface area contributed by atoms with Crippen molar-refractivity contribution in [1.29, 1.82) is 0 Å². The summed E-state index contributed by atoms with van der Waals surface area (Å²) in [4.78, 5) is 6.85. The molecule has 0 unspecified atom stereocenters. The van der Waals surface area contributed by atoms with Crippen LogP contribution in [-0.4, -0.2) is 36.6 Å². The molecule has 0 saturated carbocycles. The van der Waals surface area contributed by atoms with Crippen molar-refractivity contribution in [3.05, 3.63) is 72.2 Å². The normalized spacial score (nSPS) is 23.7. The number of fused-ring (bicyclic) bond motifs is 3. The Morgan fingerprint density at radius 3 is 2.85 bits per heavy atom. The van der Waals surface area contributed by atoms with Crippen LogP contribution in [0.25, 0.3) is 11.3 Å². The Balaban J connectivity index is 1.49. The van der Waals surface area contributed by atoms with Crippen LogP contribution in [-0.2, 0) is 16.4 Å². The van der Waals surface area contributed by atoms with Gasteiger partial charge in [0.1, 0.15) is 5.76 Å². The minimum absolute atomic E-state index is 0.0154. The second-order valence-electron chi connectivity index (χ2n) is 6.98. The van der Waals surface area contributed by atoms with Crippen LogP contribution < -0.4 is 0 Å². The zero-order valence-corrected chi connectivity index (χ0v) is 14.9. The summed E-state index contributed by atoms with van der Waals surface area (Å²) in [6, 6.07) is 13.2. The predicted molar refractivity (Wildman–Crippen MR) is 97.4 cm³/mol. The third-order valence-electron chi connectivity index (χ3n) is 5.39. The molecule has 2 aliphatic rings.